The van der Waals surface area contributed by atoms with Crippen LogP contribution in [0.3, 0.4) is 0 Å². The van der Waals surface area contributed by atoms with Crippen molar-refractivity contribution in [2.75, 3.05) is 33.7 Å². The summed E-state index contributed by atoms with van der Waals surface area (Å²) in [5.74, 6) is -0.370. The summed E-state index contributed by atoms with van der Waals surface area (Å²) in [5, 5.41) is 3.63. The molecule has 1 aliphatic rings. The molecule has 2 aromatic rings. The zero-order valence-electron chi connectivity index (χ0n) is 17.6. The molecule has 1 heterocycles. The first-order valence-electron chi connectivity index (χ1n) is 10.2. The molecule has 168 valence electrons. The van der Waals surface area contributed by atoms with Gasteiger partial charge in [-0.3, -0.25) is 4.79 Å². The topological polar surface area (TPSA) is 69.7 Å². The number of nitrogens with zero attached hydrogens (tertiary/aromatic N) is 2. The predicted octanol–water partition coefficient (Wildman–Crippen LogP) is 4.20. The molecule has 0 saturated carbocycles. The van der Waals surface area contributed by atoms with E-state index in [4.69, 9.17) is 23.2 Å². The highest BCUT2D eigenvalue weighted by Gasteiger charge is 2.29. The molecule has 0 unspecified atom stereocenters. The maximum atomic E-state index is 13.0. The van der Waals surface area contributed by atoms with Crippen molar-refractivity contribution in [3.8, 4) is 0 Å². The number of hydrogen-bond acceptors (Lipinski definition) is 4. The van der Waals surface area contributed by atoms with Crippen LogP contribution in [0.5, 0.6) is 0 Å². The molecule has 1 amide bonds. The smallest absolute Gasteiger partial charge is 0.251 e. The Morgan fingerprint density at radius 3 is 2.39 bits per heavy atom. The Labute approximate surface area is 194 Å². The number of carbonyl (C=O) groups is 1. The lowest BCUT2D eigenvalue weighted by molar-refractivity contribution is 0.0941. The lowest BCUT2D eigenvalue weighted by Gasteiger charge is -2.27. The van der Waals surface area contributed by atoms with Gasteiger partial charge in [0.25, 0.3) is 5.91 Å². The Hall–Kier alpha value is -1.64. The van der Waals surface area contributed by atoms with Gasteiger partial charge in [0.2, 0.25) is 10.0 Å². The summed E-state index contributed by atoms with van der Waals surface area (Å²) >= 11 is 12.5. The lowest BCUT2D eigenvalue weighted by atomic mass is 10.1. The van der Waals surface area contributed by atoms with Gasteiger partial charge in [0.05, 0.1) is 11.1 Å². The minimum atomic E-state index is -3.75. The van der Waals surface area contributed by atoms with Gasteiger partial charge in [0, 0.05) is 30.2 Å². The number of likely N-dealkylation sites (N-methyl/N-ethyl adjacent to an activating group) is 1. The molecular weight excluding hydrogens is 457 g/mol. The van der Waals surface area contributed by atoms with E-state index in [2.05, 4.69) is 5.32 Å². The van der Waals surface area contributed by atoms with Crippen molar-refractivity contribution in [2.24, 2.45) is 0 Å². The number of halogens is 2. The van der Waals surface area contributed by atoms with Crippen LogP contribution in [0.1, 0.15) is 41.2 Å². The molecule has 1 atom stereocenters. The normalized spacial score (nSPS) is 16.3. The molecule has 31 heavy (non-hydrogen) atoms. The first kappa shape index (κ1) is 24.0. The highest BCUT2D eigenvalue weighted by molar-refractivity contribution is 7.89. The van der Waals surface area contributed by atoms with Gasteiger partial charge in [-0.25, -0.2) is 8.42 Å². The Kier molecular flexibility index (Phi) is 7.99. The molecule has 0 aliphatic carbocycles. The number of amides is 1. The quantitative estimate of drug-likeness (QED) is 0.640. The van der Waals surface area contributed by atoms with E-state index in [9.17, 15) is 13.2 Å². The second-order valence-electron chi connectivity index (χ2n) is 7.82. The molecular formula is C22H27Cl2N3O3S. The number of piperidine rings is 1. The third-order valence-corrected chi connectivity index (χ3v) is 8.19. The van der Waals surface area contributed by atoms with Crippen LogP contribution in [0, 0.1) is 0 Å². The zero-order valence-corrected chi connectivity index (χ0v) is 20.0. The number of hydrogen-bond donors (Lipinski definition) is 1. The van der Waals surface area contributed by atoms with Crippen LogP contribution in [0.2, 0.25) is 10.0 Å². The van der Waals surface area contributed by atoms with Gasteiger partial charge >= 0.3 is 0 Å². The highest BCUT2D eigenvalue weighted by Crippen LogP contribution is 2.28. The molecule has 1 aliphatic heterocycles. The van der Waals surface area contributed by atoms with Gasteiger partial charge in [-0.2, -0.15) is 4.31 Å². The summed E-state index contributed by atoms with van der Waals surface area (Å²) in [6, 6.07) is 11.7. The van der Waals surface area contributed by atoms with Crippen LogP contribution in [-0.2, 0) is 10.0 Å². The maximum absolute atomic E-state index is 13.0. The summed E-state index contributed by atoms with van der Waals surface area (Å²) < 4.78 is 27.5. The second-order valence-corrected chi connectivity index (χ2v) is 10.5. The van der Waals surface area contributed by atoms with Crippen molar-refractivity contribution in [3.05, 3.63) is 63.6 Å². The van der Waals surface area contributed by atoms with E-state index < -0.39 is 10.0 Å². The minimum Gasteiger partial charge on any atom is -0.350 e. The standard InChI is InChI=1S/C22H27Cl2N3O3S/c1-26(2)20(17-8-4-5-9-18(17)23)15-25-22(28)16-10-11-19(24)21(14-16)31(29,30)27-12-6-3-7-13-27/h4-5,8-11,14,20H,3,6-7,12-13,15H2,1-2H3,(H,25,28)/t20-/m0/s1. The number of benzene rings is 2. The maximum Gasteiger partial charge on any atom is 0.251 e. The van der Waals surface area contributed by atoms with E-state index in [1.165, 1.54) is 22.5 Å². The average Bonchev–Trinajstić information content (AvgIpc) is 2.75. The minimum absolute atomic E-state index is 0.0287. The third kappa shape index (κ3) is 5.59. The Bertz CT molecular complexity index is 1040. The third-order valence-electron chi connectivity index (χ3n) is 5.47. The predicted molar refractivity (Wildman–Crippen MR) is 124 cm³/mol. The van der Waals surface area contributed by atoms with Gasteiger partial charge in [-0.05, 0) is 56.8 Å². The van der Waals surface area contributed by atoms with E-state index in [1.807, 2.05) is 43.3 Å². The zero-order chi connectivity index (χ0) is 22.6. The molecule has 0 spiro atoms. The van der Waals surface area contributed by atoms with Gasteiger partial charge in [-0.15, -0.1) is 0 Å². The molecule has 6 nitrogen and oxygen atoms in total. The summed E-state index contributed by atoms with van der Waals surface area (Å²) in [5.41, 5.74) is 1.15. The van der Waals surface area contributed by atoms with Crippen LogP contribution in [-0.4, -0.2) is 57.3 Å². The lowest BCUT2D eigenvalue weighted by Crippen LogP contribution is -2.36. The largest absolute Gasteiger partial charge is 0.350 e. The number of carbonyl (C=O) groups excluding carboxylic acids is 1. The fraction of sp³-hybridized carbons (Fsp3) is 0.409. The molecule has 0 radical (unpaired) electrons. The number of nitrogens with one attached hydrogen (secondary N) is 1. The van der Waals surface area contributed by atoms with E-state index in [0.717, 1.165) is 24.8 Å². The van der Waals surface area contributed by atoms with Crippen LogP contribution in [0.25, 0.3) is 0 Å². The Morgan fingerprint density at radius 1 is 1.06 bits per heavy atom. The average molecular weight is 484 g/mol. The molecule has 0 bridgehead atoms. The van der Waals surface area contributed by atoms with Gasteiger partial charge in [-0.1, -0.05) is 47.8 Å². The highest BCUT2D eigenvalue weighted by atomic mass is 35.5. The van der Waals surface area contributed by atoms with Crippen molar-refractivity contribution >= 4 is 39.1 Å². The summed E-state index contributed by atoms with van der Waals surface area (Å²) in [6.07, 6.45) is 2.66. The van der Waals surface area contributed by atoms with Crippen LogP contribution in [0.15, 0.2) is 47.4 Å². The first-order chi connectivity index (χ1) is 14.7. The van der Waals surface area contributed by atoms with E-state index in [0.29, 0.717) is 24.7 Å². The fourth-order valence-electron chi connectivity index (χ4n) is 3.69. The van der Waals surface area contributed by atoms with E-state index in [1.54, 1.807) is 0 Å². The second kappa shape index (κ2) is 10.3. The van der Waals surface area contributed by atoms with Crippen LogP contribution >= 0.6 is 23.2 Å². The van der Waals surface area contributed by atoms with Crippen molar-refractivity contribution in [1.82, 2.24) is 14.5 Å². The fourth-order valence-corrected chi connectivity index (χ4v) is 5.97. The molecule has 0 aromatic heterocycles. The SMILES string of the molecule is CN(C)[C@@H](CNC(=O)c1ccc(Cl)c(S(=O)(=O)N2CCCCC2)c1)c1ccccc1Cl. The summed E-state index contributed by atoms with van der Waals surface area (Å²) in [6.45, 7) is 1.25. The van der Waals surface area contributed by atoms with Gasteiger partial charge in [0.1, 0.15) is 4.90 Å². The van der Waals surface area contributed by atoms with Crippen LogP contribution < -0.4 is 5.32 Å². The van der Waals surface area contributed by atoms with Crippen LogP contribution in [0.4, 0.5) is 0 Å². The van der Waals surface area contributed by atoms with Crippen molar-refractivity contribution in [3.63, 3.8) is 0 Å². The molecule has 9 heteroatoms. The monoisotopic (exact) mass is 483 g/mol. The Balaban J connectivity index is 1.79. The summed E-state index contributed by atoms with van der Waals surface area (Å²) in [4.78, 5) is 14.8. The van der Waals surface area contributed by atoms with E-state index in [-0.39, 0.29) is 27.4 Å². The van der Waals surface area contributed by atoms with Gasteiger partial charge in [0.15, 0.2) is 0 Å². The van der Waals surface area contributed by atoms with Crippen molar-refractivity contribution in [1.29, 1.82) is 0 Å². The van der Waals surface area contributed by atoms with Crippen molar-refractivity contribution in [2.45, 2.75) is 30.2 Å². The number of sulfonamides is 1. The Morgan fingerprint density at radius 2 is 1.74 bits per heavy atom. The molecule has 1 N–H and O–H groups in total. The van der Waals surface area contributed by atoms with Crippen molar-refractivity contribution < 1.29 is 13.2 Å². The first-order valence-corrected chi connectivity index (χ1v) is 12.4. The molecule has 2 aromatic carbocycles. The molecule has 1 fully saturated rings. The van der Waals surface area contributed by atoms with E-state index >= 15 is 0 Å². The van der Waals surface area contributed by atoms with Gasteiger partial charge < -0.3 is 10.2 Å². The molecule has 3 rings (SSSR count). The number of rotatable bonds is 7. The summed E-state index contributed by atoms with van der Waals surface area (Å²) in [7, 11) is 0.0706. The molecule has 1 saturated heterocycles.